The van der Waals surface area contributed by atoms with Crippen LogP contribution in [0.5, 0.6) is 11.5 Å². The number of nitrogens with two attached hydrogens (primary N) is 1. The molecule has 5 aromatic rings. The molecule has 3 N–H and O–H groups in total. The first-order valence-corrected chi connectivity index (χ1v) is 21.9. The number of para-hydroxylation sites is 1. The smallest absolute Gasteiger partial charge is 0.320 e. The Balaban J connectivity index is 0.717. The van der Waals surface area contributed by atoms with Crippen LogP contribution in [0.25, 0.3) is 22.3 Å². The quantitative estimate of drug-likeness (QED) is 0.203. The number of benzene rings is 3. The largest absolute Gasteiger partial charge is 0.457 e. The second kappa shape index (κ2) is 16.7. The zero-order chi connectivity index (χ0) is 42.3. The van der Waals surface area contributed by atoms with Gasteiger partial charge in [-0.3, -0.25) is 19.7 Å². The second-order valence-electron chi connectivity index (χ2n) is 17.2. The highest BCUT2D eigenvalue weighted by atomic mass is 16.5. The summed E-state index contributed by atoms with van der Waals surface area (Å²) in [6.07, 6.45) is 6.08. The molecule has 0 aliphatic carbocycles. The molecule has 0 bridgehead atoms. The molecular formula is C46H51N11O5. The number of urea groups is 1. The topological polar surface area (TPSA) is 175 Å². The fourth-order valence-corrected chi connectivity index (χ4v) is 9.94. The standard InChI is InChI=1S/C46H51N11O5/c47-42-40-41(31-8-11-36(12-9-31)62-35-6-2-1-3-7-35)51-57(43(40)49-29-48-42)34-5-4-18-52(28-34)26-30-16-19-54(20-17-30)46(61)55-23-21-53(22-24-55)33-10-13-37-32(25-33)27-56(45(37)60)38-14-15-39(58)50-44(38)59/h1-3,6-13,25,29-30,34,38H,4-5,14-24,26-28H2,(H2,47,48,49)(H,50,58,59). The summed E-state index contributed by atoms with van der Waals surface area (Å²) >= 11 is 0. The van der Waals surface area contributed by atoms with Crippen molar-refractivity contribution < 1.29 is 23.9 Å². The predicted molar refractivity (Wildman–Crippen MR) is 232 cm³/mol. The van der Waals surface area contributed by atoms with Crippen LogP contribution in [0.1, 0.15) is 60.5 Å². The molecule has 16 heteroatoms. The number of aromatic nitrogens is 4. The van der Waals surface area contributed by atoms with E-state index in [2.05, 4.69) is 29.8 Å². The summed E-state index contributed by atoms with van der Waals surface area (Å²) in [7, 11) is 0. The van der Waals surface area contributed by atoms with Crippen molar-refractivity contribution in [2.24, 2.45) is 5.92 Å². The van der Waals surface area contributed by atoms with Crippen molar-refractivity contribution in [3.8, 4) is 22.8 Å². The summed E-state index contributed by atoms with van der Waals surface area (Å²) in [6.45, 7) is 7.38. The van der Waals surface area contributed by atoms with Gasteiger partial charge in [0.2, 0.25) is 11.8 Å². The highest BCUT2D eigenvalue weighted by Crippen LogP contribution is 2.36. The number of nitrogens with zero attached hydrogens (tertiary/aromatic N) is 9. The minimum absolute atomic E-state index is 0.113. The molecular weight excluding hydrogens is 787 g/mol. The van der Waals surface area contributed by atoms with Crippen LogP contribution in [-0.2, 0) is 16.1 Å². The minimum Gasteiger partial charge on any atom is -0.457 e. The van der Waals surface area contributed by atoms with Gasteiger partial charge in [-0.25, -0.2) is 19.4 Å². The number of carbonyl (C=O) groups is 4. The molecule has 320 valence electrons. The van der Waals surface area contributed by atoms with Crippen LogP contribution < -0.4 is 20.7 Å². The van der Waals surface area contributed by atoms with Gasteiger partial charge < -0.3 is 35.0 Å². The van der Waals surface area contributed by atoms with Gasteiger partial charge in [0, 0.05) is 82.1 Å². The molecule has 0 saturated carbocycles. The Labute approximate surface area is 359 Å². The monoisotopic (exact) mass is 837 g/mol. The third kappa shape index (κ3) is 7.78. The van der Waals surface area contributed by atoms with Crippen molar-refractivity contribution in [3.63, 3.8) is 0 Å². The average Bonchev–Trinajstić information content (AvgIpc) is 3.85. The number of nitrogen functional groups attached to an aromatic ring is 1. The Morgan fingerprint density at radius 3 is 2.35 bits per heavy atom. The van der Waals surface area contributed by atoms with Crippen molar-refractivity contribution in [1.29, 1.82) is 0 Å². The van der Waals surface area contributed by atoms with Crippen LogP contribution in [0, 0.1) is 5.92 Å². The molecule has 4 fully saturated rings. The number of hydrogen-bond acceptors (Lipinski definition) is 11. The lowest BCUT2D eigenvalue weighted by atomic mass is 9.95. The number of rotatable bonds is 8. The van der Waals surface area contributed by atoms with Crippen molar-refractivity contribution in [2.45, 2.75) is 57.2 Å². The lowest BCUT2D eigenvalue weighted by molar-refractivity contribution is -0.136. The first-order valence-electron chi connectivity index (χ1n) is 21.9. The first-order chi connectivity index (χ1) is 30.3. The van der Waals surface area contributed by atoms with Gasteiger partial charge in [-0.05, 0) is 105 Å². The molecule has 0 radical (unpaired) electrons. The van der Waals surface area contributed by atoms with Crippen molar-refractivity contribution in [3.05, 3.63) is 90.3 Å². The third-order valence-corrected chi connectivity index (χ3v) is 13.3. The number of piperazine rings is 1. The summed E-state index contributed by atoms with van der Waals surface area (Å²) in [6, 6.07) is 23.1. The van der Waals surface area contributed by atoms with E-state index in [-0.39, 0.29) is 30.3 Å². The predicted octanol–water partition coefficient (Wildman–Crippen LogP) is 4.92. The van der Waals surface area contributed by atoms with E-state index in [4.69, 9.17) is 15.6 Å². The Kier molecular flexibility index (Phi) is 10.7. The lowest BCUT2D eigenvalue weighted by Gasteiger charge is -2.41. The molecule has 5 amide bonds. The number of imide groups is 1. The molecule has 16 nitrogen and oxygen atoms in total. The third-order valence-electron chi connectivity index (χ3n) is 13.3. The number of hydrogen-bond donors (Lipinski definition) is 2. The van der Waals surface area contributed by atoms with E-state index < -0.39 is 11.9 Å². The van der Waals surface area contributed by atoms with E-state index in [0.29, 0.717) is 56.4 Å². The van der Waals surface area contributed by atoms with Crippen LogP contribution in [-0.4, -0.2) is 128 Å². The summed E-state index contributed by atoms with van der Waals surface area (Å²) < 4.78 is 8.09. The zero-order valence-electron chi connectivity index (χ0n) is 34.7. The molecule has 2 aromatic heterocycles. The highest BCUT2D eigenvalue weighted by Gasteiger charge is 2.40. The normalized spacial score (nSPS) is 21.4. The minimum atomic E-state index is -0.634. The van der Waals surface area contributed by atoms with Crippen molar-refractivity contribution in [1.82, 2.24) is 44.7 Å². The fourth-order valence-electron chi connectivity index (χ4n) is 9.94. The highest BCUT2D eigenvalue weighted by molar-refractivity contribution is 6.05. The summed E-state index contributed by atoms with van der Waals surface area (Å²) in [5, 5.41) is 8.28. The number of likely N-dealkylation sites (tertiary alicyclic amines) is 2. The summed E-state index contributed by atoms with van der Waals surface area (Å²) in [5.74, 6) is 1.56. The maximum absolute atomic E-state index is 13.7. The molecule has 7 heterocycles. The van der Waals surface area contributed by atoms with Gasteiger partial charge in [0.05, 0.1) is 11.4 Å². The zero-order valence-corrected chi connectivity index (χ0v) is 34.7. The van der Waals surface area contributed by atoms with Gasteiger partial charge in [-0.1, -0.05) is 18.2 Å². The van der Waals surface area contributed by atoms with Crippen LogP contribution in [0.4, 0.5) is 16.3 Å². The Morgan fingerprint density at radius 1 is 0.823 bits per heavy atom. The lowest BCUT2D eigenvalue weighted by Crippen LogP contribution is -2.54. The van der Waals surface area contributed by atoms with Gasteiger partial charge in [0.25, 0.3) is 5.91 Å². The molecule has 4 saturated heterocycles. The summed E-state index contributed by atoms with van der Waals surface area (Å²) in [5.41, 5.74) is 11.4. The molecule has 62 heavy (non-hydrogen) atoms. The Hall–Kier alpha value is -6.55. The maximum Gasteiger partial charge on any atom is 0.320 e. The van der Waals surface area contributed by atoms with E-state index >= 15 is 0 Å². The Morgan fingerprint density at radius 2 is 1.58 bits per heavy atom. The van der Waals surface area contributed by atoms with E-state index in [1.54, 1.807) is 4.90 Å². The number of carbonyl (C=O) groups excluding carboxylic acids is 4. The number of ether oxygens (including phenoxy) is 1. The molecule has 2 atom stereocenters. The summed E-state index contributed by atoms with van der Waals surface area (Å²) in [4.78, 5) is 70.5. The molecule has 5 aliphatic heterocycles. The van der Waals surface area contributed by atoms with Crippen LogP contribution in [0.15, 0.2) is 79.1 Å². The van der Waals surface area contributed by atoms with Gasteiger partial charge in [-0.2, -0.15) is 5.10 Å². The van der Waals surface area contributed by atoms with Gasteiger partial charge in [-0.15, -0.1) is 0 Å². The van der Waals surface area contributed by atoms with E-state index in [9.17, 15) is 19.2 Å². The molecule has 0 spiro atoms. The van der Waals surface area contributed by atoms with Crippen molar-refractivity contribution in [2.75, 3.05) is 69.5 Å². The van der Waals surface area contributed by atoms with Gasteiger partial charge in [0.1, 0.15) is 35.4 Å². The Bertz CT molecular complexity index is 2500. The van der Waals surface area contributed by atoms with Gasteiger partial charge in [0.15, 0.2) is 5.65 Å². The van der Waals surface area contributed by atoms with Crippen LogP contribution >= 0.6 is 0 Å². The second-order valence-corrected chi connectivity index (χ2v) is 17.2. The van der Waals surface area contributed by atoms with Crippen molar-refractivity contribution >= 4 is 46.3 Å². The number of amides is 5. The van der Waals surface area contributed by atoms with Gasteiger partial charge >= 0.3 is 6.03 Å². The van der Waals surface area contributed by atoms with Crippen LogP contribution in [0.2, 0.25) is 0 Å². The molecule has 10 rings (SSSR count). The number of piperidine rings is 3. The number of nitrogens with one attached hydrogen (secondary N) is 1. The molecule has 3 aromatic carbocycles. The SMILES string of the molecule is Nc1ncnc2c1c(-c1ccc(Oc3ccccc3)cc1)nn2C1CCCN(CC2CCN(C(=O)N3CCN(c4ccc5c(c4)CN(C4CCC(=O)NC4=O)C5=O)CC3)CC2)C1. The number of fused-ring (bicyclic) bond motifs is 2. The van der Waals surface area contributed by atoms with E-state index in [1.165, 1.54) is 6.33 Å². The van der Waals surface area contributed by atoms with E-state index in [0.717, 1.165) is 103 Å². The first kappa shape index (κ1) is 39.6. The maximum atomic E-state index is 13.7. The van der Waals surface area contributed by atoms with Crippen LogP contribution in [0.3, 0.4) is 0 Å². The average molecular weight is 838 g/mol. The molecule has 5 aliphatic rings. The molecule has 2 unspecified atom stereocenters. The van der Waals surface area contributed by atoms with E-state index in [1.807, 2.05) is 82.6 Å². The fraction of sp³-hybridized carbons (Fsp3) is 0.413. The number of anilines is 2.